The molecule has 102 valence electrons. The van der Waals surface area contributed by atoms with Gasteiger partial charge in [-0.2, -0.15) is 0 Å². The molecule has 0 aliphatic rings. The van der Waals surface area contributed by atoms with Crippen LogP contribution >= 0.6 is 0 Å². The molecule has 1 aromatic rings. The van der Waals surface area contributed by atoms with Gasteiger partial charge in [-0.1, -0.05) is 26.0 Å². The summed E-state index contributed by atoms with van der Waals surface area (Å²) >= 11 is 0. The molecule has 1 atom stereocenters. The van der Waals surface area contributed by atoms with E-state index < -0.39 is 16.8 Å². The molecular formula is C13H15NO5. The zero-order valence-electron chi connectivity index (χ0n) is 11.0. The molecule has 0 N–H and O–H groups in total. The molecule has 0 radical (unpaired) electrons. The molecule has 1 unspecified atom stereocenters. The highest BCUT2D eigenvalue weighted by molar-refractivity contribution is 6.05. The Morgan fingerprint density at radius 2 is 1.95 bits per heavy atom. The second-order valence-electron chi connectivity index (χ2n) is 4.37. The van der Waals surface area contributed by atoms with Crippen molar-refractivity contribution in [1.29, 1.82) is 0 Å². The zero-order valence-corrected chi connectivity index (χ0v) is 11.0. The highest BCUT2D eigenvalue weighted by Crippen LogP contribution is 2.25. The number of hydrogen-bond donors (Lipinski definition) is 0. The van der Waals surface area contributed by atoms with Gasteiger partial charge in [0.15, 0.2) is 5.78 Å². The van der Waals surface area contributed by atoms with Crippen LogP contribution in [-0.4, -0.2) is 23.8 Å². The van der Waals surface area contributed by atoms with Crippen LogP contribution in [0.3, 0.4) is 0 Å². The number of non-ortho nitro benzene ring substituents is 1. The number of benzene rings is 1. The van der Waals surface area contributed by atoms with Gasteiger partial charge in [0.1, 0.15) is 5.92 Å². The molecule has 1 aromatic carbocycles. The van der Waals surface area contributed by atoms with Crippen LogP contribution in [0.5, 0.6) is 0 Å². The van der Waals surface area contributed by atoms with E-state index in [4.69, 9.17) is 0 Å². The van der Waals surface area contributed by atoms with Gasteiger partial charge in [-0.25, -0.2) is 0 Å². The number of carbonyl (C=O) groups excluding carboxylic acids is 2. The van der Waals surface area contributed by atoms with Gasteiger partial charge in [-0.15, -0.1) is 0 Å². The third-order valence-corrected chi connectivity index (χ3v) is 2.70. The maximum absolute atomic E-state index is 12.1. The van der Waals surface area contributed by atoms with E-state index in [-0.39, 0.29) is 23.0 Å². The topological polar surface area (TPSA) is 86.5 Å². The van der Waals surface area contributed by atoms with Crippen molar-refractivity contribution in [2.24, 2.45) is 5.92 Å². The molecule has 0 heterocycles. The van der Waals surface area contributed by atoms with Crippen molar-refractivity contribution >= 4 is 17.4 Å². The summed E-state index contributed by atoms with van der Waals surface area (Å²) in [4.78, 5) is 33.9. The number of nitro groups is 1. The monoisotopic (exact) mass is 265 g/mol. The van der Waals surface area contributed by atoms with Gasteiger partial charge in [0.05, 0.1) is 12.0 Å². The van der Waals surface area contributed by atoms with Gasteiger partial charge < -0.3 is 4.74 Å². The summed E-state index contributed by atoms with van der Waals surface area (Å²) in [5.41, 5.74) is 0.114. The van der Waals surface area contributed by atoms with E-state index in [2.05, 4.69) is 4.74 Å². The molecule has 0 aromatic heterocycles. The quantitative estimate of drug-likeness (QED) is 0.352. The van der Waals surface area contributed by atoms with Gasteiger partial charge in [-0.3, -0.25) is 19.7 Å². The lowest BCUT2D eigenvalue weighted by Gasteiger charge is -2.15. The van der Waals surface area contributed by atoms with E-state index in [9.17, 15) is 19.7 Å². The highest BCUT2D eigenvalue weighted by atomic mass is 16.6. The molecule has 0 fully saturated rings. The first-order valence-electron chi connectivity index (χ1n) is 5.74. The Kier molecular flexibility index (Phi) is 4.74. The Morgan fingerprint density at radius 3 is 2.42 bits per heavy atom. The van der Waals surface area contributed by atoms with E-state index in [1.165, 1.54) is 31.4 Å². The SMILES string of the molecule is COC(=O)C(C(=O)C(C)C)c1cccc([N+](=O)[O-])c1. The molecule has 0 saturated carbocycles. The zero-order chi connectivity index (χ0) is 14.6. The van der Waals surface area contributed by atoms with Crippen molar-refractivity contribution in [2.75, 3.05) is 7.11 Å². The number of rotatable bonds is 5. The number of ketones is 1. The minimum atomic E-state index is -1.12. The van der Waals surface area contributed by atoms with Gasteiger partial charge in [0, 0.05) is 18.1 Å². The van der Waals surface area contributed by atoms with Crippen molar-refractivity contribution in [1.82, 2.24) is 0 Å². The maximum atomic E-state index is 12.1. The molecule has 0 amide bonds. The number of hydrogen-bond acceptors (Lipinski definition) is 5. The molecule has 0 aliphatic carbocycles. The summed E-state index contributed by atoms with van der Waals surface area (Å²) in [6, 6.07) is 5.48. The van der Waals surface area contributed by atoms with Gasteiger partial charge in [-0.05, 0) is 5.56 Å². The molecule has 0 spiro atoms. The first kappa shape index (κ1) is 14.8. The fourth-order valence-corrected chi connectivity index (χ4v) is 1.69. The van der Waals surface area contributed by atoms with Crippen LogP contribution < -0.4 is 0 Å². The van der Waals surface area contributed by atoms with Crippen LogP contribution in [0.4, 0.5) is 5.69 Å². The Bertz CT molecular complexity index is 510. The normalized spacial score (nSPS) is 12.0. The van der Waals surface area contributed by atoms with Crippen molar-refractivity contribution in [3.8, 4) is 0 Å². The Morgan fingerprint density at radius 1 is 1.32 bits per heavy atom. The molecule has 19 heavy (non-hydrogen) atoms. The third kappa shape index (κ3) is 3.37. The summed E-state index contributed by atoms with van der Waals surface area (Å²) in [6.45, 7) is 3.32. The number of nitrogens with zero attached hydrogens (tertiary/aromatic N) is 1. The number of esters is 1. The lowest BCUT2D eigenvalue weighted by molar-refractivity contribution is -0.384. The van der Waals surface area contributed by atoms with Crippen molar-refractivity contribution in [2.45, 2.75) is 19.8 Å². The Balaban J connectivity index is 3.25. The van der Waals surface area contributed by atoms with Gasteiger partial charge in [0.25, 0.3) is 5.69 Å². The number of carbonyl (C=O) groups is 2. The predicted molar refractivity (Wildman–Crippen MR) is 67.7 cm³/mol. The minimum absolute atomic E-state index is 0.164. The lowest BCUT2D eigenvalue weighted by Crippen LogP contribution is -2.26. The third-order valence-electron chi connectivity index (χ3n) is 2.70. The highest BCUT2D eigenvalue weighted by Gasteiger charge is 2.31. The first-order chi connectivity index (χ1) is 8.88. The maximum Gasteiger partial charge on any atom is 0.320 e. The van der Waals surface area contributed by atoms with Crippen LogP contribution in [0.25, 0.3) is 0 Å². The smallest absolute Gasteiger partial charge is 0.320 e. The average Bonchev–Trinajstić information content (AvgIpc) is 2.38. The standard InChI is InChI=1S/C13H15NO5/c1-8(2)12(15)11(13(16)19-3)9-5-4-6-10(7-9)14(17)18/h4-8,11H,1-3H3. The van der Waals surface area contributed by atoms with Crippen LogP contribution in [0.1, 0.15) is 25.3 Å². The number of methoxy groups -OCH3 is 1. The van der Waals surface area contributed by atoms with Crippen LogP contribution in [-0.2, 0) is 14.3 Å². The van der Waals surface area contributed by atoms with E-state index in [0.717, 1.165) is 0 Å². The van der Waals surface area contributed by atoms with Crippen molar-refractivity contribution in [3.63, 3.8) is 0 Å². The summed E-state index contributed by atoms with van der Waals surface area (Å²) in [7, 11) is 1.18. The van der Waals surface area contributed by atoms with Crippen LogP contribution in [0.15, 0.2) is 24.3 Å². The molecule has 0 aliphatic heterocycles. The summed E-state index contributed by atoms with van der Waals surface area (Å²) in [5, 5.41) is 10.7. The van der Waals surface area contributed by atoms with Crippen LogP contribution in [0.2, 0.25) is 0 Å². The fourth-order valence-electron chi connectivity index (χ4n) is 1.69. The molecule has 0 saturated heterocycles. The number of Topliss-reactive ketones (excluding diaryl/α,β-unsaturated/α-hetero) is 1. The Labute approximate surface area is 110 Å². The van der Waals surface area contributed by atoms with Crippen molar-refractivity contribution < 1.29 is 19.2 Å². The summed E-state index contributed by atoms with van der Waals surface area (Å²) < 4.78 is 4.61. The minimum Gasteiger partial charge on any atom is -0.468 e. The fraction of sp³-hybridized carbons (Fsp3) is 0.385. The van der Waals surface area contributed by atoms with Gasteiger partial charge in [0.2, 0.25) is 0 Å². The molecule has 6 nitrogen and oxygen atoms in total. The molecule has 0 bridgehead atoms. The average molecular weight is 265 g/mol. The van der Waals surface area contributed by atoms with E-state index in [0.29, 0.717) is 0 Å². The second-order valence-corrected chi connectivity index (χ2v) is 4.37. The number of ether oxygens (including phenoxy) is 1. The summed E-state index contributed by atoms with van der Waals surface area (Å²) in [5.74, 6) is -2.53. The van der Waals surface area contributed by atoms with E-state index >= 15 is 0 Å². The predicted octanol–water partition coefficient (Wildman–Crippen LogP) is 2.08. The molecule has 6 heteroatoms. The van der Waals surface area contributed by atoms with E-state index in [1.807, 2.05) is 0 Å². The molecule has 1 rings (SSSR count). The molecular weight excluding hydrogens is 250 g/mol. The van der Waals surface area contributed by atoms with E-state index in [1.54, 1.807) is 13.8 Å². The largest absolute Gasteiger partial charge is 0.468 e. The van der Waals surface area contributed by atoms with Gasteiger partial charge >= 0.3 is 5.97 Å². The summed E-state index contributed by atoms with van der Waals surface area (Å²) in [6.07, 6.45) is 0. The number of nitro benzene ring substituents is 1. The lowest BCUT2D eigenvalue weighted by atomic mass is 9.88. The Hall–Kier alpha value is -2.24. The van der Waals surface area contributed by atoms with Crippen molar-refractivity contribution in [3.05, 3.63) is 39.9 Å². The first-order valence-corrected chi connectivity index (χ1v) is 5.74. The second kappa shape index (κ2) is 6.08. The van der Waals surface area contributed by atoms with Crippen LogP contribution in [0, 0.1) is 16.0 Å².